The van der Waals surface area contributed by atoms with Gasteiger partial charge in [0.1, 0.15) is 0 Å². The Morgan fingerprint density at radius 1 is 0.429 bits per heavy atom. The first kappa shape index (κ1) is 44.0. The van der Waals surface area contributed by atoms with Gasteiger partial charge in [-0.3, -0.25) is 0 Å². The Bertz CT molecular complexity index is 2280. The monoisotopic (exact) mass is 828 g/mol. The van der Waals surface area contributed by atoms with Gasteiger partial charge in [-0.15, -0.1) is 80.6 Å². The third kappa shape index (κ3) is 12.6. The predicted octanol–water partition coefficient (Wildman–Crippen LogP) is 13.2. The molecule has 0 unspecified atom stereocenters. The summed E-state index contributed by atoms with van der Waals surface area (Å²) >= 11 is 1.74. The van der Waals surface area contributed by atoms with Crippen molar-refractivity contribution in [2.75, 3.05) is 0 Å². The Kier molecular flexibility index (Phi) is 16.5. The third-order valence-corrected chi connectivity index (χ3v) is 9.17. The fourth-order valence-electron chi connectivity index (χ4n) is 6.84. The summed E-state index contributed by atoms with van der Waals surface area (Å²) in [7, 11) is 0. The van der Waals surface area contributed by atoms with Gasteiger partial charge in [0, 0.05) is 0 Å². The van der Waals surface area contributed by atoms with Crippen molar-refractivity contribution in [1.82, 2.24) is 0 Å². The van der Waals surface area contributed by atoms with E-state index >= 15 is 0 Å². The first-order chi connectivity index (χ1) is 26.6. The molecule has 0 bridgehead atoms. The summed E-state index contributed by atoms with van der Waals surface area (Å²) in [4.78, 5) is 0. The zero-order valence-electron chi connectivity index (χ0n) is 34.7. The average Bonchev–Trinajstić information content (AvgIpc) is 3.74. The van der Waals surface area contributed by atoms with Crippen LogP contribution in [0.15, 0.2) is 146 Å². The molecule has 8 aromatic carbocycles. The van der Waals surface area contributed by atoms with Gasteiger partial charge in [0.25, 0.3) is 0 Å². The van der Waals surface area contributed by atoms with Crippen LogP contribution in [0.1, 0.15) is 44.5 Å². The maximum absolute atomic E-state index is 11.1. The molecule has 0 aliphatic heterocycles. The molecule has 2 nitrogen and oxygen atoms in total. The summed E-state index contributed by atoms with van der Waals surface area (Å²) < 4.78 is 0. The Balaban J connectivity index is 0.000000164. The summed E-state index contributed by atoms with van der Waals surface area (Å²) in [5, 5.41) is 27.6. The minimum Gasteiger partial charge on any atom is -0.872 e. The van der Waals surface area contributed by atoms with E-state index in [0.717, 1.165) is 33.4 Å². The van der Waals surface area contributed by atoms with Crippen LogP contribution in [0.2, 0.25) is 13.1 Å². The summed E-state index contributed by atoms with van der Waals surface area (Å²) in [6.07, 6.45) is 0. The molecule has 0 atom stereocenters. The summed E-state index contributed by atoms with van der Waals surface area (Å²) in [5.41, 5.74) is 13.8. The molecule has 8 aromatic rings. The second-order valence-corrected chi connectivity index (χ2v) is 24.2. The fraction of sp³-hybridized carbons (Fsp3) is 0.192. The summed E-state index contributed by atoms with van der Waals surface area (Å²) in [5.74, 6) is 0.344. The molecular weight excluding hydrogens is 776 g/mol. The van der Waals surface area contributed by atoms with Gasteiger partial charge >= 0.3 is 41.9 Å². The van der Waals surface area contributed by atoms with Crippen molar-refractivity contribution < 1.29 is 33.5 Å². The molecule has 0 amide bonds. The summed E-state index contributed by atoms with van der Waals surface area (Å²) in [6, 6.07) is 50.8. The number of benzene rings is 6. The van der Waals surface area contributed by atoms with Gasteiger partial charge in [-0.05, 0) is 52.7 Å². The molecule has 0 heterocycles. The zero-order chi connectivity index (χ0) is 40.9. The molecule has 0 fully saturated rings. The van der Waals surface area contributed by atoms with E-state index in [4.69, 9.17) is 0 Å². The van der Waals surface area contributed by atoms with Crippen LogP contribution in [0.5, 0.6) is 11.5 Å². The maximum Gasteiger partial charge on any atom is -0.0279 e. The second kappa shape index (κ2) is 21.0. The van der Waals surface area contributed by atoms with Crippen LogP contribution < -0.4 is 10.2 Å². The van der Waals surface area contributed by atoms with Crippen molar-refractivity contribution in [2.24, 2.45) is 0 Å². The molecule has 8 rings (SSSR count). The van der Waals surface area contributed by atoms with Gasteiger partial charge in [-0.1, -0.05) is 155 Å². The molecule has 0 saturated heterocycles. The zero-order valence-corrected chi connectivity index (χ0v) is 38.1. The van der Waals surface area contributed by atoms with Gasteiger partial charge in [0.15, 0.2) is 0 Å². The van der Waals surface area contributed by atoms with Crippen LogP contribution in [-0.4, -0.2) is 5.43 Å². The smallest absolute Gasteiger partial charge is 0.0279 e. The minimum absolute atomic E-state index is 0.172. The Morgan fingerprint density at radius 2 is 0.732 bits per heavy atom. The summed E-state index contributed by atoms with van der Waals surface area (Å²) in [6.45, 7) is 20.3. The molecule has 4 heteroatoms. The van der Waals surface area contributed by atoms with E-state index < -0.39 is 0 Å². The van der Waals surface area contributed by atoms with Gasteiger partial charge in [-0.25, -0.2) is 0 Å². The number of rotatable bonds is 2. The van der Waals surface area contributed by atoms with Crippen LogP contribution in [0.3, 0.4) is 0 Å². The molecule has 0 saturated carbocycles. The first-order valence-corrected chi connectivity index (χ1v) is 25.3. The maximum atomic E-state index is 11.1. The van der Waals surface area contributed by atoms with Gasteiger partial charge in [0.2, 0.25) is 0 Å². The molecule has 0 spiro atoms. The molecule has 0 aliphatic carbocycles. The van der Waals surface area contributed by atoms with Crippen LogP contribution in [-0.2, 0) is 23.3 Å². The fourth-order valence-corrected chi connectivity index (χ4v) is 6.84. The van der Waals surface area contributed by atoms with E-state index in [1.165, 1.54) is 54.9 Å². The molecule has 56 heavy (non-hydrogen) atoms. The molecule has 0 aromatic heterocycles. The molecule has 0 N–H and O–H groups in total. The van der Waals surface area contributed by atoms with E-state index in [0.29, 0.717) is 0 Å². The van der Waals surface area contributed by atoms with Crippen molar-refractivity contribution in [3.63, 3.8) is 0 Å². The quantitative estimate of drug-likeness (QED) is 0.129. The van der Waals surface area contributed by atoms with E-state index in [-0.39, 0.29) is 16.9 Å². The Hall–Kier alpha value is -4.76. The van der Waals surface area contributed by atoms with Crippen LogP contribution in [0, 0.1) is 55.4 Å². The van der Waals surface area contributed by atoms with Gasteiger partial charge < -0.3 is 10.2 Å². The van der Waals surface area contributed by atoms with Crippen LogP contribution in [0.4, 0.5) is 0 Å². The SMILES string of the molecule is C[Si](C)=[Zr+2].Cc1cc(C)c([O-])c(C)c1.Cc1cc(C)c([O-])c(C)c1.Cc1cc2c(-c3ccccc3)cccc2[cH-]1.Cc1cc2c(-c3ccccc3)cccc2[cH-]1. The largest absolute Gasteiger partial charge is 0.872 e. The van der Waals surface area contributed by atoms with Gasteiger partial charge in [-0.2, -0.15) is 12.1 Å². The van der Waals surface area contributed by atoms with Crippen molar-refractivity contribution in [2.45, 2.75) is 68.5 Å². The van der Waals surface area contributed by atoms with Crippen molar-refractivity contribution in [1.29, 1.82) is 0 Å². The molecule has 284 valence electrons. The van der Waals surface area contributed by atoms with E-state index in [9.17, 15) is 10.2 Å². The van der Waals surface area contributed by atoms with Gasteiger partial charge in [0.05, 0.1) is 0 Å². The van der Waals surface area contributed by atoms with E-state index in [1.54, 1.807) is 23.3 Å². The van der Waals surface area contributed by atoms with Crippen LogP contribution in [0.25, 0.3) is 43.8 Å². The number of aryl methyl sites for hydroxylation is 8. The standard InChI is InChI=1S/2C16H13.2C9H12O.C2H6Si.Zr/c2*1-12-10-14-8-5-9-15(16(14)11-12)13-6-3-2-4-7-13;2*1-6-4-7(2)9(10)8(3)5-6;1-3-2;/h2*2-11H,1H3;2*4-5,10H,1-3H3;1-2H3;/q2*-1;;;;+2/p-2. The Labute approximate surface area is 350 Å². The molecule has 0 radical (unpaired) electrons. The van der Waals surface area contributed by atoms with E-state index in [1.807, 2.05) is 65.8 Å². The molecular formula is C52H54O2SiZr-2. The van der Waals surface area contributed by atoms with Crippen molar-refractivity contribution >= 4 is 27.0 Å². The first-order valence-electron chi connectivity index (χ1n) is 19.1. The second-order valence-electron chi connectivity index (χ2n) is 14.9. The predicted molar refractivity (Wildman–Crippen MR) is 237 cm³/mol. The minimum atomic E-state index is 0.172. The number of fused-ring (bicyclic) bond motifs is 2. The van der Waals surface area contributed by atoms with Crippen molar-refractivity contribution in [3.05, 3.63) is 190 Å². The normalized spacial score (nSPS) is 10.2. The number of hydrogen-bond acceptors (Lipinski definition) is 2. The third-order valence-electron chi connectivity index (χ3n) is 9.17. The van der Waals surface area contributed by atoms with Crippen molar-refractivity contribution in [3.8, 4) is 33.8 Å². The van der Waals surface area contributed by atoms with E-state index in [2.05, 4.69) is 148 Å². The average molecular weight is 830 g/mol. The number of hydrogen-bond donors (Lipinski definition) is 0. The topological polar surface area (TPSA) is 46.1 Å². The molecule has 0 aliphatic rings. The Morgan fingerprint density at radius 3 is 1.04 bits per heavy atom. The van der Waals surface area contributed by atoms with Crippen LogP contribution >= 0.6 is 0 Å².